The van der Waals surface area contributed by atoms with Gasteiger partial charge in [-0.1, -0.05) is 31.0 Å². The second-order valence-electron chi connectivity index (χ2n) is 7.60. The van der Waals surface area contributed by atoms with Crippen molar-refractivity contribution >= 4 is 28.9 Å². The van der Waals surface area contributed by atoms with E-state index in [0.29, 0.717) is 34.0 Å². The fourth-order valence-corrected chi connectivity index (χ4v) is 5.79. The Hall–Kier alpha value is -2.83. The van der Waals surface area contributed by atoms with Crippen LogP contribution in [0.2, 0.25) is 0 Å². The number of ether oxygens (including phenoxy) is 2. The Balaban J connectivity index is 1.37. The SMILES string of the molecule is N#Cc1c(N)nc(SCc2csc(C3CCCCC3)n2)nc1-c1ccc2c(c1)OCO2. The predicted molar refractivity (Wildman–Crippen MR) is 120 cm³/mol. The maximum absolute atomic E-state index is 9.60. The number of aromatic nitrogens is 3. The number of hydrogen-bond donors (Lipinski definition) is 1. The summed E-state index contributed by atoms with van der Waals surface area (Å²) in [4.78, 5) is 13.8. The largest absolute Gasteiger partial charge is 0.454 e. The topological polar surface area (TPSA) is 107 Å². The number of nitrogen functional groups attached to an aromatic ring is 1. The van der Waals surface area contributed by atoms with E-state index in [0.717, 1.165) is 11.3 Å². The molecule has 2 aliphatic rings. The van der Waals surface area contributed by atoms with Gasteiger partial charge in [0.1, 0.15) is 17.5 Å². The molecule has 1 fully saturated rings. The summed E-state index contributed by atoms with van der Waals surface area (Å²) < 4.78 is 10.8. The van der Waals surface area contributed by atoms with Crippen LogP contribution in [0.25, 0.3) is 11.3 Å². The molecular formula is C22H21N5O2S2. The van der Waals surface area contributed by atoms with Crippen molar-refractivity contribution in [2.75, 3.05) is 12.5 Å². The molecule has 2 aromatic heterocycles. The van der Waals surface area contributed by atoms with E-state index in [1.54, 1.807) is 11.3 Å². The molecule has 5 rings (SSSR count). The number of nitriles is 1. The molecule has 0 radical (unpaired) electrons. The van der Waals surface area contributed by atoms with E-state index >= 15 is 0 Å². The van der Waals surface area contributed by atoms with Crippen LogP contribution >= 0.6 is 23.1 Å². The molecule has 1 saturated carbocycles. The highest BCUT2D eigenvalue weighted by molar-refractivity contribution is 7.98. The normalized spacial score (nSPS) is 15.7. The molecule has 0 unspecified atom stereocenters. The summed E-state index contributed by atoms with van der Waals surface area (Å²) in [5.41, 5.74) is 8.63. The maximum atomic E-state index is 9.60. The summed E-state index contributed by atoms with van der Waals surface area (Å²) in [6.45, 7) is 0.188. The average Bonchev–Trinajstić information content (AvgIpc) is 3.47. The minimum atomic E-state index is 0.175. The highest BCUT2D eigenvalue weighted by Crippen LogP contribution is 2.38. The first kappa shape index (κ1) is 20.1. The number of benzene rings is 1. The first-order valence-corrected chi connectivity index (χ1v) is 12.1. The van der Waals surface area contributed by atoms with Crippen molar-refractivity contribution in [1.29, 1.82) is 5.26 Å². The Bertz CT molecular complexity index is 1150. The highest BCUT2D eigenvalue weighted by Gasteiger charge is 2.21. The van der Waals surface area contributed by atoms with Crippen molar-refractivity contribution in [3.8, 4) is 28.8 Å². The average molecular weight is 452 g/mol. The predicted octanol–water partition coefficient (Wildman–Crippen LogP) is 5.12. The lowest BCUT2D eigenvalue weighted by Crippen LogP contribution is -2.04. The molecule has 1 aromatic carbocycles. The molecule has 158 valence electrons. The van der Waals surface area contributed by atoms with Gasteiger partial charge in [-0.3, -0.25) is 0 Å². The minimum absolute atomic E-state index is 0.175. The van der Waals surface area contributed by atoms with Crippen molar-refractivity contribution in [2.45, 2.75) is 48.9 Å². The van der Waals surface area contributed by atoms with Crippen LogP contribution in [0.1, 0.15) is 54.3 Å². The van der Waals surface area contributed by atoms with Gasteiger partial charge in [-0.25, -0.2) is 15.0 Å². The summed E-state index contributed by atoms with van der Waals surface area (Å²) in [6, 6.07) is 7.60. The molecule has 1 aliphatic heterocycles. The second-order valence-corrected chi connectivity index (χ2v) is 9.43. The van der Waals surface area contributed by atoms with Crippen molar-refractivity contribution in [3.63, 3.8) is 0 Å². The first-order chi connectivity index (χ1) is 15.2. The van der Waals surface area contributed by atoms with E-state index < -0.39 is 0 Å². The lowest BCUT2D eigenvalue weighted by atomic mass is 9.90. The zero-order valence-electron chi connectivity index (χ0n) is 16.8. The minimum Gasteiger partial charge on any atom is -0.454 e. The van der Waals surface area contributed by atoms with Crippen LogP contribution in [0.15, 0.2) is 28.7 Å². The highest BCUT2D eigenvalue weighted by atomic mass is 32.2. The fourth-order valence-electron chi connectivity index (χ4n) is 3.95. The van der Waals surface area contributed by atoms with Gasteiger partial charge >= 0.3 is 0 Å². The molecule has 1 aliphatic carbocycles. The number of rotatable bonds is 5. The lowest BCUT2D eigenvalue weighted by molar-refractivity contribution is 0.174. The van der Waals surface area contributed by atoms with E-state index in [1.807, 2.05) is 18.2 Å². The van der Waals surface area contributed by atoms with E-state index in [9.17, 15) is 5.26 Å². The number of thiazole rings is 1. The maximum Gasteiger partial charge on any atom is 0.231 e. The number of hydrogen-bond acceptors (Lipinski definition) is 9. The van der Waals surface area contributed by atoms with E-state index in [2.05, 4.69) is 21.4 Å². The first-order valence-electron chi connectivity index (χ1n) is 10.3. The summed E-state index contributed by atoms with van der Waals surface area (Å²) >= 11 is 3.23. The van der Waals surface area contributed by atoms with Crippen LogP contribution in [0, 0.1) is 11.3 Å². The van der Waals surface area contributed by atoms with Crippen molar-refractivity contribution < 1.29 is 9.47 Å². The van der Waals surface area contributed by atoms with Gasteiger partial charge in [-0.2, -0.15) is 5.26 Å². The number of nitrogens with zero attached hydrogens (tertiary/aromatic N) is 4. The standard InChI is InChI=1S/C22H21N5O2S2/c23-9-16-19(14-6-7-17-18(8-14)29-12-28-17)26-22(27-20(16)24)31-11-15-10-30-21(25-15)13-4-2-1-3-5-13/h6-8,10,13H,1-5,11-12H2,(H2,24,26,27). The third kappa shape index (κ3) is 4.18. The molecule has 3 heterocycles. The van der Waals surface area contributed by atoms with Gasteiger partial charge in [0.2, 0.25) is 6.79 Å². The van der Waals surface area contributed by atoms with Crippen molar-refractivity contribution in [2.24, 2.45) is 0 Å². The van der Waals surface area contributed by atoms with Gasteiger partial charge in [-0.15, -0.1) is 11.3 Å². The zero-order chi connectivity index (χ0) is 21.2. The summed E-state index contributed by atoms with van der Waals surface area (Å²) in [5.74, 6) is 2.75. The van der Waals surface area contributed by atoms with E-state index in [4.69, 9.17) is 20.2 Å². The molecule has 0 bridgehead atoms. The summed E-state index contributed by atoms with van der Waals surface area (Å²) in [5, 5.41) is 13.5. The quantitative estimate of drug-likeness (QED) is 0.421. The molecule has 2 N–H and O–H groups in total. The van der Waals surface area contributed by atoms with Crippen LogP contribution in [0.3, 0.4) is 0 Å². The zero-order valence-corrected chi connectivity index (χ0v) is 18.5. The number of fused-ring (bicyclic) bond motifs is 1. The van der Waals surface area contributed by atoms with Crippen LogP contribution in [0.5, 0.6) is 11.5 Å². The smallest absolute Gasteiger partial charge is 0.231 e. The number of thioether (sulfide) groups is 1. The van der Waals surface area contributed by atoms with Gasteiger partial charge < -0.3 is 15.2 Å². The molecule has 0 atom stereocenters. The van der Waals surface area contributed by atoms with Crippen LogP contribution in [-0.4, -0.2) is 21.7 Å². The summed E-state index contributed by atoms with van der Waals surface area (Å²) in [6.07, 6.45) is 6.43. The number of nitrogens with two attached hydrogens (primary N) is 1. The molecular weight excluding hydrogens is 430 g/mol. The van der Waals surface area contributed by atoms with Crippen molar-refractivity contribution in [1.82, 2.24) is 15.0 Å². The van der Waals surface area contributed by atoms with Crippen LogP contribution in [0.4, 0.5) is 5.82 Å². The second kappa shape index (κ2) is 8.73. The Kier molecular flexibility index (Phi) is 5.66. The third-order valence-electron chi connectivity index (χ3n) is 5.55. The van der Waals surface area contributed by atoms with Crippen LogP contribution < -0.4 is 15.2 Å². The number of anilines is 1. The Morgan fingerprint density at radius 1 is 1.13 bits per heavy atom. The third-order valence-corrected chi connectivity index (χ3v) is 7.48. The molecule has 0 spiro atoms. The fraction of sp³-hybridized carbons (Fsp3) is 0.364. The molecule has 0 saturated heterocycles. The van der Waals surface area contributed by atoms with Gasteiger partial charge in [-0.05, 0) is 31.0 Å². The molecule has 9 heteroatoms. The molecule has 3 aromatic rings. The molecule has 7 nitrogen and oxygen atoms in total. The molecule has 31 heavy (non-hydrogen) atoms. The van der Waals surface area contributed by atoms with Crippen molar-refractivity contribution in [3.05, 3.63) is 39.8 Å². The van der Waals surface area contributed by atoms with Gasteiger partial charge in [0, 0.05) is 22.6 Å². The Morgan fingerprint density at radius 3 is 2.81 bits per heavy atom. The molecule has 0 amide bonds. The van der Waals surface area contributed by atoms with E-state index in [-0.39, 0.29) is 18.2 Å². The van der Waals surface area contributed by atoms with Gasteiger partial charge in [0.15, 0.2) is 16.7 Å². The summed E-state index contributed by atoms with van der Waals surface area (Å²) in [7, 11) is 0. The van der Waals surface area contributed by atoms with Gasteiger partial charge in [0.25, 0.3) is 0 Å². The van der Waals surface area contributed by atoms with E-state index in [1.165, 1.54) is 48.9 Å². The lowest BCUT2D eigenvalue weighted by Gasteiger charge is -2.18. The Labute approximate surface area is 188 Å². The van der Waals surface area contributed by atoms with Gasteiger partial charge in [0.05, 0.1) is 16.4 Å². The monoisotopic (exact) mass is 451 g/mol. The Morgan fingerprint density at radius 2 is 1.97 bits per heavy atom. The van der Waals surface area contributed by atoms with Crippen LogP contribution in [-0.2, 0) is 5.75 Å².